The Bertz CT molecular complexity index is 723. The Labute approximate surface area is 138 Å². The van der Waals surface area contributed by atoms with Gasteiger partial charge in [0.25, 0.3) is 17.5 Å². The summed E-state index contributed by atoms with van der Waals surface area (Å²) >= 11 is 0. The average molecular weight is 332 g/mol. The predicted octanol–water partition coefficient (Wildman–Crippen LogP) is 3.30. The minimum atomic E-state index is -0.859. The van der Waals surface area contributed by atoms with E-state index in [0.717, 1.165) is 17.0 Å². The van der Waals surface area contributed by atoms with Crippen LogP contribution in [0.5, 0.6) is 0 Å². The fourth-order valence-corrected chi connectivity index (χ4v) is 2.10. The van der Waals surface area contributed by atoms with Gasteiger partial charge in [-0.2, -0.15) is 0 Å². The minimum Gasteiger partial charge on any atom is -0.270 e. The SMILES string of the molecule is C=CC1=C(C=C)C(=O)N(Cc2ccc([N+](=O)[O-])cc2F)C1=O.CC. The Balaban J connectivity index is 0.00000139. The molecule has 2 rings (SSSR count). The maximum absolute atomic E-state index is 13.9. The van der Waals surface area contributed by atoms with Gasteiger partial charge < -0.3 is 0 Å². The third-order valence-electron chi connectivity index (χ3n) is 3.23. The van der Waals surface area contributed by atoms with E-state index >= 15 is 0 Å². The van der Waals surface area contributed by atoms with Crippen LogP contribution >= 0.6 is 0 Å². The lowest BCUT2D eigenvalue weighted by Gasteiger charge is -2.15. The van der Waals surface area contributed by atoms with Crippen LogP contribution in [0.25, 0.3) is 0 Å². The van der Waals surface area contributed by atoms with Gasteiger partial charge in [0.2, 0.25) is 0 Å². The third kappa shape index (κ3) is 3.45. The van der Waals surface area contributed by atoms with Crippen LogP contribution < -0.4 is 0 Å². The summed E-state index contributed by atoms with van der Waals surface area (Å²) in [4.78, 5) is 34.9. The van der Waals surface area contributed by atoms with Crippen LogP contribution in [0.4, 0.5) is 10.1 Å². The maximum Gasteiger partial charge on any atom is 0.272 e. The van der Waals surface area contributed by atoms with Gasteiger partial charge in [-0.1, -0.05) is 39.2 Å². The molecule has 24 heavy (non-hydrogen) atoms. The Kier molecular flexibility index (Phi) is 6.29. The van der Waals surface area contributed by atoms with Gasteiger partial charge in [-0.3, -0.25) is 24.6 Å². The first kappa shape index (κ1) is 19.0. The Morgan fingerprint density at radius 2 is 1.67 bits per heavy atom. The predicted molar refractivity (Wildman–Crippen MR) is 87.4 cm³/mol. The van der Waals surface area contributed by atoms with Gasteiger partial charge in [-0.15, -0.1) is 0 Å². The van der Waals surface area contributed by atoms with Crippen molar-refractivity contribution < 1.29 is 18.9 Å². The van der Waals surface area contributed by atoms with Crippen LogP contribution in [0.3, 0.4) is 0 Å². The van der Waals surface area contributed by atoms with E-state index in [1.165, 1.54) is 18.2 Å². The summed E-state index contributed by atoms with van der Waals surface area (Å²) in [7, 11) is 0. The molecular formula is C17H17FN2O4. The number of nitro benzene ring substituents is 1. The largest absolute Gasteiger partial charge is 0.272 e. The number of amides is 2. The standard InChI is InChI=1S/C15H11FN2O4.C2H6/c1-3-11-12(4-2)15(20)17(14(11)19)8-9-5-6-10(18(21)22)7-13(9)16;1-2/h3-7H,1-2,8H2;1-2H3. The topological polar surface area (TPSA) is 80.5 Å². The quantitative estimate of drug-likeness (QED) is 0.471. The van der Waals surface area contributed by atoms with Crippen LogP contribution in [0.2, 0.25) is 0 Å². The molecule has 0 bridgehead atoms. The zero-order valence-corrected chi connectivity index (χ0v) is 13.4. The number of non-ortho nitro benzene ring substituents is 1. The number of hydrogen-bond donors (Lipinski definition) is 0. The number of nitrogens with zero attached hydrogens (tertiary/aromatic N) is 2. The molecule has 0 unspecified atom stereocenters. The van der Waals surface area contributed by atoms with Gasteiger partial charge in [-0.05, 0) is 6.07 Å². The second-order valence-corrected chi connectivity index (χ2v) is 4.46. The van der Waals surface area contributed by atoms with E-state index in [0.29, 0.717) is 0 Å². The summed E-state index contributed by atoms with van der Waals surface area (Å²) in [6.07, 6.45) is 2.48. The summed E-state index contributed by atoms with van der Waals surface area (Å²) in [6.45, 7) is 10.6. The number of imide groups is 1. The monoisotopic (exact) mass is 332 g/mol. The lowest BCUT2D eigenvalue weighted by Crippen LogP contribution is -2.31. The fraction of sp³-hybridized carbons (Fsp3) is 0.176. The molecular weight excluding hydrogens is 315 g/mol. The first-order valence-corrected chi connectivity index (χ1v) is 7.18. The van der Waals surface area contributed by atoms with Crippen molar-refractivity contribution >= 4 is 17.5 Å². The van der Waals surface area contributed by atoms with Gasteiger partial charge in [0.1, 0.15) is 5.82 Å². The molecule has 6 nitrogen and oxygen atoms in total. The van der Waals surface area contributed by atoms with Crippen molar-refractivity contribution in [3.63, 3.8) is 0 Å². The number of halogens is 1. The number of nitro groups is 1. The van der Waals surface area contributed by atoms with E-state index in [1.807, 2.05) is 13.8 Å². The van der Waals surface area contributed by atoms with Crippen molar-refractivity contribution in [2.24, 2.45) is 0 Å². The lowest BCUT2D eigenvalue weighted by atomic mass is 10.1. The molecule has 2 amide bonds. The van der Waals surface area contributed by atoms with Crippen molar-refractivity contribution in [2.45, 2.75) is 20.4 Å². The molecule has 0 saturated carbocycles. The van der Waals surface area contributed by atoms with Gasteiger partial charge in [0.05, 0.1) is 28.7 Å². The van der Waals surface area contributed by atoms with E-state index in [-0.39, 0.29) is 23.3 Å². The minimum absolute atomic E-state index is 0.000949. The van der Waals surface area contributed by atoms with E-state index in [4.69, 9.17) is 0 Å². The maximum atomic E-state index is 13.9. The fourth-order valence-electron chi connectivity index (χ4n) is 2.10. The molecule has 0 aliphatic carbocycles. The number of benzene rings is 1. The first-order valence-electron chi connectivity index (χ1n) is 7.18. The Morgan fingerprint density at radius 1 is 1.17 bits per heavy atom. The number of carbonyl (C=O) groups excluding carboxylic acids is 2. The summed E-state index contributed by atoms with van der Waals surface area (Å²) in [6, 6.07) is 3.03. The molecule has 0 atom stereocenters. The molecule has 7 heteroatoms. The highest BCUT2D eigenvalue weighted by Gasteiger charge is 2.35. The molecule has 1 aromatic rings. The van der Waals surface area contributed by atoms with Crippen LogP contribution in [0.1, 0.15) is 19.4 Å². The van der Waals surface area contributed by atoms with Crippen molar-refractivity contribution in [3.8, 4) is 0 Å². The zero-order valence-electron chi connectivity index (χ0n) is 13.4. The Hall–Kier alpha value is -3.09. The van der Waals surface area contributed by atoms with E-state index in [1.54, 1.807) is 0 Å². The molecule has 1 aromatic carbocycles. The van der Waals surface area contributed by atoms with Gasteiger partial charge in [0.15, 0.2) is 0 Å². The smallest absolute Gasteiger partial charge is 0.270 e. The average Bonchev–Trinajstić information content (AvgIpc) is 2.81. The van der Waals surface area contributed by atoms with Crippen LogP contribution in [-0.2, 0) is 16.1 Å². The molecule has 0 aromatic heterocycles. The molecule has 0 radical (unpaired) electrons. The van der Waals surface area contributed by atoms with E-state index in [9.17, 15) is 24.1 Å². The van der Waals surface area contributed by atoms with E-state index < -0.39 is 28.2 Å². The molecule has 126 valence electrons. The van der Waals surface area contributed by atoms with Crippen LogP contribution in [0, 0.1) is 15.9 Å². The highest BCUT2D eigenvalue weighted by atomic mass is 19.1. The van der Waals surface area contributed by atoms with Crippen molar-refractivity contribution in [1.82, 2.24) is 4.90 Å². The second kappa shape index (κ2) is 7.96. The normalized spacial score (nSPS) is 13.5. The van der Waals surface area contributed by atoms with Crippen molar-refractivity contribution in [3.05, 3.63) is 76.2 Å². The molecule has 0 fully saturated rings. The first-order chi connectivity index (χ1) is 11.4. The molecule has 0 saturated heterocycles. The summed E-state index contributed by atoms with van der Waals surface area (Å²) in [5.74, 6) is -2.07. The highest BCUT2D eigenvalue weighted by molar-refractivity contribution is 6.21. The number of rotatable bonds is 5. The van der Waals surface area contributed by atoms with Crippen molar-refractivity contribution in [2.75, 3.05) is 0 Å². The van der Waals surface area contributed by atoms with Crippen LogP contribution in [-0.4, -0.2) is 21.6 Å². The molecule has 1 heterocycles. The number of hydrogen-bond acceptors (Lipinski definition) is 4. The molecule has 0 N–H and O–H groups in total. The van der Waals surface area contributed by atoms with Crippen LogP contribution in [0.15, 0.2) is 54.7 Å². The summed E-state index contributed by atoms with van der Waals surface area (Å²) in [5, 5.41) is 10.6. The summed E-state index contributed by atoms with van der Waals surface area (Å²) in [5.41, 5.74) is -0.206. The van der Waals surface area contributed by atoms with Gasteiger partial charge in [-0.25, -0.2) is 4.39 Å². The van der Waals surface area contributed by atoms with Gasteiger partial charge in [0, 0.05) is 11.6 Å². The molecule has 1 aliphatic heterocycles. The van der Waals surface area contributed by atoms with Gasteiger partial charge >= 0.3 is 0 Å². The molecule has 1 aliphatic rings. The lowest BCUT2D eigenvalue weighted by molar-refractivity contribution is -0.385. The zero-order chi connectivity index (χ0) is 18.4. The van der Waals surface area contributed by atoms with E-state index in [2.05, 4.69) is 13.2 Å². The van der Waals surface area contributed by atoms with Crippen molar-refractivity contribution in [1.29, 1.82) is 0 Å². The second-order valence-electron chi connectivity index (χ2n) is 4.46. The number of carbonyl (C=O) groups is 2. The summed E-state index contributed by atoms with van der Waals surface area (Å²) < 4.78 is 13.9. The Morgan fingerprint density at radius 3 is 2.04 bits per heavy atom. The molecule has 0 spiro atoms. The highest BCUT2D eigenvalue weighted by Crippen LogP contribution is 2.25. The third-order valence-corrected chi connectivity index (χ3v) is 3.23.